The molecule has 2 heterocycles. The van der Waals surface area contributed by atoms with Crippen molar-refractivity contribution in [3.05, 3.63) is 47.6 Å². The van der Waals surface area contributed by atoms with E-state index in [9.17, 15) is 10.2 Å². The number of benzene rings is 1. The second-order valence-electron chi connectivity index (χ2n) is 4.83. The summed E-state index contributed by atoms with van der Waals surface area (Å²) in [5, 5.41) is 25.8. The lowest BCUT2D eigenvalue weighted by Crippen LogP contribution is -2.24. The molecule has 0 saturated carbocycles. The number of phenols is 1. The molecule has 5 nitrogen and oxygen atoms in total. The van der Waals surface area contributed by atoms with Crippen molar-refractivity contribution >= 4 is 27.4 Å². The zero-order valence-electron chi connectivity index (χ0n) is 11.4. The molecule has 1 aromatic carbocycles. The van der Waals surface area contributed by atoms with Crippen LogP contribution in [0.25, 0.3) is 10.2 Å². The van der Waals surface area contributed by atoms with Crippen molar-refractivity contribution in [2.24, 2.45) is 0 Å². The number of phenolic OH excluding ortho intramolecular Hbond substituents is 1. The van der Waals surface area contributed by atoms with Gasteiger partial charge in [-0.15, -0.1) is 11.3 Å². The summed E-state index contributed by atoms with van der Waals surface area (Å²) in [6.45, 7) is 1.89. The highest BCUT2D eigenvalue weighted by molar-refractivity contribution is 7.16. The predicted molar refractivity (Wildman–Crippen MR) is 83.6 cm³/mol. The Morgan fingerprint density at radius 1 is 1.14 bits per heavy atom. The van der Waals surface area contributed by atoms with E-state index in [2.05, 4.69) is 15.3 Å². The van der Waals surface area contributed by atoms with E-state index in [1.54, 1.807) is 35.6 Å². The van der Waals surface area contributed by atoms with Crippen molar-refractivity contribution in [1.82, 2.24) is 9.97 Å². The van der Waals surface area contributed by atoms with Crippen LogP contribution in [0.5, 0.6) is 5.75 Å². The molecule has 2 aromatic heterocycles. The molecule has 0 aliphatic carbocycles. The fourth-order valence-electron chi connectivity index (χ4n) is 2.16. The minimum Gasteiger partial charge on any atom is -0.508 e. The Hall–Kier alpha value is -2.18. The maximum absolute atomic E-state index is 10.4. The van der Waals surface area contributed by atoms with E-state index in [0.29, 0.717) is 5.82 Å². The molecule has 0 fully saturated rings. The van der Waals surface area contributed by atoms with Gasteiger partial charge in [0, 0.05) is 0 Å². The third kappa shape index (κ3) is 2.81. The fraction of sp³-hybridized carbons (Fsp3) is 0.200. The largest absolute Gasteiger partial charge is 0.508 e. The zero-order valence-corrected chi connectivity index (χ0v) is 12.2. The van der Waals surface area contributed by atoms with Gasteiger partial charge in [-0.2, -0.15) is 0 Å². The molecule has 0 saturated heterocycles. The summed E-state index contributed by atoms with van der Waals surface area (Å²) in [5.41, 5.74) is 0.739. The molecule has 0 bridgehead atoms. The second-order valence-corrected chi connectivity index (χ2v) is 5.73. The summed E-state index contributed by atoms with van der Waals surface area (Å²) < 4.78 is 0. The third-order valence-corrected chi connectivity index (χ3v) is 4.16. The Bertz CT molecular complexity index is 742. The number of hydrogen-bond donors (Lipinski definition) is 3. The van der Waals surface area contributed by atoms with Crippen molar-refractivity contribution < 1.29 is 10.2 Å². The Morgan fingerprint density at radius 3 is 2.67 bits per heavy atom. The number of nitrogens with zero attached hydrogens (tertiary/aromatic N) is 2. The lowest BCUT2D eigenvalue weighted by molar-refractivity contribution is 0.160. The molecule has 0 aliphatic heterocycles. The van der Waals surface area contributed by atoms with Gasteiger partial charge >= 0.3 is 0 Å². The first kappa shape index (κ1) is 13.8. The van der Waals surface area contributed by atoms with Crippen molar-refractivity contribution in [3.63, 3.8) is 0 Å². The molecular weight excluding hydrogens is 286 g/mol. The van der Waals surface area contributed by atoms with Crippen molar-refractivity contribution in [3.8, 4) is 5.75 Å². The summed E-state index contributed by atoms with van der Waals surface area (Å²) in [6.07, 6.45) is 0.815. The van der Waals surface area contributed by atoms with E-state index < -0.39 is 6.10 Å². The predicted octanol–water partition coefficient (Wildman–Crippen LogP) is 2.93. The molecule has 108 valence electrons. The molecule has 3 N–H and O–H groups in total. The third-order valence-electron chi connectivity index (χ3n) is 3.33. The number of rotatable bonds is 4. The quantitative estimate of drug-likeness (QED) is 0.690. The van der Waals surface area contributed by atoms with Crippen LogP contribution in [0.2, 0.25) is 0 Å². The molecule has 2 atom stereocenters. The van der Waals surface area contributed by atoms with Crippen LogP contribution in [-0.4, -0.2) is 26.2 Å². The molecule has 6 heteroatoms. The highest BCUT2D eigenvalue weighted by Crippen LogP contribution is 2.27. The van der Waals surface area contributed by atoms with E-state index in [1.807, 2.05) is 18.4 Å². The molecule has 3 aromatic rings. The average Bonchev–Trinajstić information content (AvgIpc) is 2.97. The van der Waals surface area contributed by atoms with Gasteiger partial charge in [0.15, 0.2) is 0 Å². The first-order valence-corrected chi connectivity index (χ1v) is 7.45. The van der Waals surface area contributed by atoms with Gasteiger partial charge in [-0.1, -0.05) is 12.1 Å². The number of aromatic hydroxyl groups is 1. The van der Waals surface area contributed by atoms with E-state index in [1.165, 1.54) is 6.33 Å². The number of anilines is 1. The number of hydrogen-bond acceptors (Lipinski definition) is 6. The molecule has 0 unspecified atom stereocenters. The number of fused-ring (bicyclic) bond motifs is 1. The summed E-state index contributed by atoms with van der Waals surface area (Å²) in [4.78, 5) is 9.36. The van der Waals surface area contributed by atoms with E-state index in [-0.39, 0.29) is 11.8 Å². The van der Waals surface area contributed by atoms with Gasteiger partial charge in [0.1, 0.15) is 22.7 Å². The normalized spacial score (nSPS) is 14.0. The molecule has 0 spiro atoms. The lowest BCUT2D eigenvalue weighted by atomic mass is 10.0. The number of aliphatic hydroxyl groups is 1. The summed E-state index contributed by atoms with van der Waals surface area (Å²) in [5.74, 6) is 0.897. The fourth-order valence-corrected chi connectivity index (χ4v) is 2.89. The lowest BCUT2D eigenvalue weighted by Gasteiger charge is -2.21. The van der Waals surface area contributed by atoms with E-state index >= 15 is 0 Å². The van der Waals surface area contributed by atoms with E-state index in [4.69, 9.17) is 0 Å². The number of nitrogens with one attached hydrogen (secondary N) is 1. The first-order valence-electron chi connectivity index (χ1n) is 6.57. The van der Waals surface area contributed by atoms with Crippen LogP contribution >= 0.6 is 11.3 Å². The Morgan fingerprint density at radius 2 is 1.90 bits per heavy atom. The summed E-state index contributed by atoms with van der Waals surface area (Å²) in [6, 6.07) is 8.27. The van der Waals surface area contributed by atoms with Gasteiger partial charge in [-0.3, -0.25) is 0 Å². The molecular formula is C15H15N3O2S. The average molecular weight is 301 g/mol. The van der Waals surface area contributed by atoms with Gasteiger partial charge < -0.3 is 15.5 Å². The number of aliphatic hydroxyl groups excluding tert-OH is 1. The Kier molecular flexibility index (Phi) is 3.72. The van der Waals surface area contributed by atoms with Gasteiger partial charge in [-0.05, 0) is 36.1 Å². The molecule has 0 aliphatic rings. The number of thiophene rings is 1. The van der Waals surface area contributed by atoms with Crippen molar-refractivity contribution in [2.75, 3.05) is 5.32 Å². The van der Waals surface area contributed by atoms with Crippen molar-refractivity contribution in [2.45, 2.75) is 19.1 Å². The first-order chi connectivity index (χ1) is 10.1. The smallest absolute Gasteiger partial charge is 0.138 e. The van der Waals surface area contributed by atoms with Crippen LogP contribution in [0.1, 0.15) is 18.6 Å². The highest BCUT2D eigenvalue weighted by atomic mass is 32.1. The maximum atomic E-state index is 10.4. The van der Waals surface area contributed by atoms with Gasteiger partial charge in [0.25, 0.3) is 0 Å². The number of aromatic nitrogens is 2. The van der Waals surface area contributed by atoms with Crippen LogP contribution in [-0.2, 0) is 0 Å². The summed E-state index contributed by atoms with van der Waals surface area (Å²) >= 11 is 1.55. The summed E-state index contributed by atoms with van der Waals surface area (Å²) in [7, 11) is 0. The molecule has 0 amide bonds. The maximum Gasteiger partial charge on any atom is 0.138 e. The van der Waals surface area contributed by atoms with Gasteiger partial charge in [0.2, 0.25) is 0 Å². The molecule has 0 radical (unpaired) electrons. The monoisotopic (exact) mass is 301 g/mol. The van der Waals surface area contributed by atoms with Crippen LogP contribution in [0.4, 0.5) is 5.82 Å². The Balaban J connectivity index is 1.81. The van der Waals surface area contributed by atoms with Gasteiger partial charge in [-0.25, -0.2) is 9.97 Å². The highest BCUT2D eigenvalue weighted by Gasteiger charge is 2.18. The minimum atomic E-state index is -0.700. The van der Waals surface area contributed by atoms with Crippen LogP contribution in [0, 0.1) is 0 Å². The molecule has 3 rings (SSSR count). The van der Waals surface area contributed by atoms with Crippen LogP contribution < -0.4 is 5.32 Å². The minimum absolute atomic E-state index is 0.183. The second kappa shape index (κ2) is 5.67. The molecule has 21 heavy (non-hydrogen) atoms. The zero-order chi connectivity index (χ0) is 14.8. The Labute approximate surface area is 125 Å². The van der Waals surface area contributed by atoms with Gasteiger partial charge in [0.05, 0.1) is 17.5 Å². The standard InChI is InChI=1S/C15H15N3O2S/c1-9(13(20)10-2-4-11(19)5-3-10)18-14-12-6-7-21-15(12)17-8-16-14/h2-9,13,19-20H,1H3,(H,16,17,18)/t9-,13-/m0/s1. The van der Waals surface area contributed by atoms with Crippen molar-refractivity contribution in [1.29, 1.82) is 0 Å². The van der Waals surface area contributed by atoms with E-state index in [0.717, 1.165) is 15.8 Å². The van der Waals surface area contributed by atoms with Crippen LogP contribution in [0.15, 0.2) is 42.0 Å². The SMILES string of the molecule is C[C@H](Nc1ncnc2sccc12)[C@H](O)c1ccc(O)cc1. The van der Waals surface area contributed by atoms with Crippen LogP contribution in [0.3, 0.4) is 0 Å². The topological polar surface area (TPSA) is 78.3 Å².